The highest BCUT2D eigenvalue weighted by molar-refractivity contribution is 5.75. The summed E-state index contributed by atoms with van der Waals surface area (Å²) in [7, 11) is 0. The first kappa shape index (κ1) is 23.8. The highest BCUT2D eigenvalue weighted by Gasteiger charge is 2.39. The molecule has 3 saturated carbocycles. The number of aryl methyl sites for hydroxylation is 1. The molecule has 0 N–H and O–H groups in total. The zero-order chi connectivity index (χ0) is 22.5. The lowest BCUT2D eigenvalue weighted by molar-refractivity contribution is -0.140. The second kappa shape index (κ2) is 11.2. The molecule has 0 aromatic heterocycles. The molecule has 178 valence electrons. The van der Waals surface area contributed by atoms with Gasteiger partial charge in [0.25, 0.3) is 0 Å². The fourth-order valence-corrected chi connectivity index (χ4v) is 7.10. The number of hydrogen-bond acceptors (Lipinski definition) is 2. The van der Waals surface area contributed by atoms with E-state index in [9.17, 15) is 9.18 Å². The number of carbonyl (C=O) groups excluding carboxylic acids is 1. The van der Waals surface area contributed by atoms with Crippen LogP contribution in [0.1, 0.15) is 102 Å². The monoisotopic (exact) mass is 442 g/mol. The molecule has 0 heterocycles. The first-order chi connectivity index (χ1) is 15.5. The average molecular weight is 443 g/mol. The van der Waals surface area contributed by atoms with Crippen LogP contribution in [0.15, 0.2) is 18.2 Å². The number of esters is 1. The van der Waals surface area contributed by atoms with E-state index >= 15 is 0 Å². The molecule has 0 saturated heterocycles. The Bertz CT molecular complexity index is 752. The third kappa shape index (κ3) is 5.94. The summed E-state index contributed by atoms with van der Waals surface area (Å²) in [5.41, 5.74) is 0.836. The smallest absolute Gasteiger partial charge is 0.314 e. The predicted octanol–water partition coefficient (Wildman–Crippen LogP) is 8.26. The predicted molar refractivity (Wildman–Crippen MR) is 128 cm³/mol. The molecule has 1 aromatic rings. The Morgan fingerprint density at radius 2 is 1.56 bits per heavy atom. The van der Waals surface area contributed by atoms with Crippen LogP contribution in [-0.4, -0.2) is 5.97 Å². The standard InChI is InChI=1S/C29H43FO2/c1-3-4-5-6-21-8-9-26-19-25(15-14-24(26)18-21)22-10-12-23(13-11-22)29(31)32-28-16-7-20(2)17-27(28)30/h7,16-17,21-26H,3-6,8-15,18-19H2,1-2H3. The molecule has 0 bridgehead atoms. The van der Waals surface area contributed by atoms with Crippen molar-refractivity contribution in [1.82, 2.24) is 0 Å². The lowest BCUT2D eigenvalue weighted by Crippen LogP contribution is -2.35. The van der Waals surface area contributed by atoms with Gasteiger partial charge in [-0.2, -0.15) is 0 Å². The molecule has 0 aliphatic heterocycles. The van der Waals surface area contributed by atoms with Crippen molar-refractivity contribution in [3.05, 3.63) is 29.6 Å². The van der Waals surface area contributed by atoms with Crippen molar-refractivity contribution in [3.63, 3.8) is 0 Å². The molecule has 2 nitrogen and oxygen atoms in total. The van der Waals surface area contributed by atoms with Crippen LogP contribution in [0.4, 0.5) is 4.39 Å². The number of benzene rings is 1. The molecule has 1 aromatic carbocycles. The Kier molecular flexibility index (Phi) is 8.29. The minimum absolute atomic E-state index is 0.0677. The third-order valence-electron chi connectivity index (χ3n) is 9.05. The second-order valence-electron chi connectivity index (χ2n) is 11.2. The number of carbonyl (C=O) groups is 1. The Morgan fingerprint density at radius 3 is 2.28 bits per heavy atom. The van der Waals surface area contributed by atoms with Crippen LogP contribution in [0.2, 0.25) is 0 Å². The van der Waals surface area contributed by atoms with Crippen molar-refractivity contribution in [2.75, 3.05) is 0 Å². The number of halogens is 1. The van der Waals surface area contributed by atoms with Crippen molar-refractivity contribution in [2.45, 2.75) is 104 Å². The van der Waals surface area contributed by atoms with Gasteiger partial charge in [0.15, 0.2) is 11.6 Å². The zero-order valence-corrected chi connectivity index (χ0v) is 20.3. The van der Waals surface area contributed by atoms with Gasteiger partial charge in [0.2, 0.25) is 0 Å². The minimum atomic E-state index is -0.441. The van der Waals surface area contributed by atoms with Gasteiger partial charge in [-0.1, -0.05) is 45.1 Å². The van der Waals surface area contributed by atoms with E-state index in [-0.39, 0.29) is 17.6 Å². The van der Waals surface area contributed by atoms with E-state index in [4.69, 9.17) is 4.74 Å². The van der Waals surface area contributed by atoms with Crippen LogP contribution in [0.25, 0.3) is 0 Å². The molecule has 3 fully saturated rings. The van der Waals surface area contributed by atoms with Gasteiger partial charge in [0, 0.05) is 0 Å². The van der Waals surface area contributed by atoms with E-state index in [1.54, 1.807) is 12.1 Å². The van der Waals surface area contributed by atoms with Gasteiger partial charge < -0.3 is 4.74 Å². The van der Waals surface area contributed by atoms with E-state index in [1.165, 1.54) is 70.3 Å². The fourth-order valence-electron chi connectivity index (χ4n) is 7.10. The second-order valence-corrected chi connectivity index (χ2v) is 11.2. The van der Waals surface area contributed by atoms with Crippen molar-refractivity contribution in [1.29, 1.82) is 0 Å². The molecular weight excluding hydrogens is 399 g/mol. The lowest BCUT2D eigenvalue weighted by Gasteiger charge is -2.45. The molecule has 0 amide bonds. The van der Waals surface area contributed by atoms with Gasteiger partial charge in [0.1, 0.15) is 0 Å². The van der Waals surface area contributed by atoms with Gasteiger partial charge in [-0.3, -0.25) is 4.79 Å². The maximum Gasteiger partial charge on any atom is 0.314 e. The summed E-state index contributed by atoms with van der Waals surface area (Å²) in [6.07, 6.45) is 18.4. The summed E-state index contributed by atoms with van der Waals surface area (Å²) in [5.74, 6) is 3.91. The maximum atomic E-state index is 14.0. The Labute approximate surface area is 194 Å². The molecule has 0 spiro atoms. The van der Waals surface area contributed by atoms with Crippen molar-refractivity contribution in [2.24, 2.45) is 35.5 Å². The molecular formula is C29H43FO2. The summed E-state index contributed by atoms with van der Waals surface area (Å²) < 4.78 is 19.5. The van der Waals surface area contributed by atoms with Crippen molar-refractivity contribution < 1.29 is 13.9 Å². The normalized spacial score (nSPS) is 32.8. The SMILES string of the molecule is CCCCCC1CCC2CC(C3CCC(C(=O)Oc4ccc(C)cc4F)CC3)CCC2C1. The summed E-state index contributed by atoms with van der Waals surface area (Å²) in [6, 6.07) is 4.79. The molecule has 32 heavy (non-hydrogen) atoms. The zero-order valence-electron chi connectivity index (χ0n) is 20.3. The van der Waals surface area contributed by atoms with Crippen molar-refractivity contribution in [3.8, 4) is 5.75 Å². The lowest BCUT2D eigenvalue weighted by atomic mass is 9.60. The number of ether oxygens (including phenoxy) is 1. The van der Waals surface area contributed by atoms with E-state index in [0.717, 1.165) is 60.8 Å². The molecule has 3 aliphatic carbocycles. The summed E-state index contributed by atoms with van der Waals surface area (Å²) in [4.78, 5) is 12.6. The molecule has 0 radical (unpaired) electrons. The van der Waals surface area contributed by atoms with E-state index in [2.05, 4.69) is 6.92 Å². The first-order valence-electron chi connectivity index (χ1n) is 13.5. The summed E-state index contributed by atoms with van der Waals surface area (Å²) >= 11 is 0. The summed E-state index contributed by atoms with van der Waals surface area (Å²) in [5, 5.41) is 0. The third-order valence-corrected chi connectivity index (χ3v) is 9.05. The number of fused-ring (bicyclic) bond motifs is 1. The van der Waals surface area contributed by atoms with Crippen LogP contribution < -0.4 is 4.74 Å². The Hall–Kier alpha value is -1.38. The van der Waals surface area contributed by atoms with Crippen molar-refractivity contribution >= 4 is 5.97 Å². The largest absolute Gasteiger partial charge is 0.423 e. The molecule has 4 unspecified atom stereocenters. The highest BCUT2D eigenvalue weighted by Crippen LogP contribution is 2.49. The van der Waals surface area contributed by atoms with Gasteiger partial charge in [-0.05, 0) is 112 Å². The van der Waals surface area contributed by atoms with E-state index < -0.39 is 5.82 Å². The number of unbranched alkanes of at least 4 members (excludes halogenated alkanes) is 2. The molecule has 3 aliphatic rings. The highest BCUT2D eigenvalue weighted by atomic mass is 19.1. The summed E-state index contributed by atoms with van der Waals surface area (Å²) in [6.45, 7) is 4.14. The van der Waals surface area contributed by atoms with Gasteiger partial charge >= 0.3 is 5.97 Å². The van der Waals surface area contributed by atoms with Crippen LogP contribution >= 0.6 is 0 Å². The molecule has 4 atom stereocenters. The van der Waals surface area contributed by atoms with Crippen LogP contribution in [0.3, 0.4) is 0 Å². The van der Waals surface area contributed by atoms with E-state index in [0.29, 0.717) is 0 Å². The van der Waals surface area contributed by atoms with E-state index in [1.807, 2.05) is 6.92 Å². The quantitative estimate of drug-likeness (QED) is 0.241. The minimum Gasteiger partial charge on any atom is -0.423 e. The van der Waals surface area contributed by atoms with Gasteiger partial charge in [-0.25, -0.2) is 4.39 Å². The van der Waals surface area contributed by atoms with Gasteiger partial charge in [-0.15, -0.1) is 0 Å². The number of hydrogen-bond donors (Lipinski definition) is 0. The van der Waals surface area contributed by atoms with Crippen LogP contribution in [0.5, 0.6) is 5.75 Å². The topological polar surface area (TPSA) is 26.3 Å². The average Bonchev–Trinajstić information content (AvgIpc) is 2.81. The molecule has 4 rings (SSSR count). The Morgan fingerprint density at radius 1 is 0.906 bits per heavy atom. The maximum absolute atomic E-state index is 14.0. The van der Waals surface area contributed by atoms with Crippen LogP contribution in [-0.2, 0) is 4.79 Å². The Balaban J connectivity index is 1.21. The fraction of sp³-hybridized carbons (Fsp3) is 0.759. The van der Waals surface area contributed by atoms with Crippen LogP contribution in [0, 0.1) is 48.2 Å². The number of rotatable bonds is 7. The van der Waals surface area contributed by atoms with Gasteiger partial charge in [0.05, 0.1) is 5.92 Å². The first-order valence-corrected chi connectivity index (χ1v) is 13.5. The molecule has 3 heteroatoms.